The molecule has 5 nitrogen and oxygen atoms in total. The monoisotopic (exact) mass is 419 g/mol. The molecule has 28 heavy (non-hydrogen) atoms. The molecule has 150 valence electrons. The van der Waals surface area contributed by atoms with Crippen molar-refractivity contribution in [3.63, 3.8) is 0 Å². The van der Waals surface area contributed by atoms with Crippen LogP contribution in [0.4, 0.5) is 5.69 Å². The molecule has 0 radical (unpaired) electrons. The van der Waals surface area contributed by atoms with Crippen molar-refractivity contribution in [2.75, 3.05) is 25.0 Å². The first kappa shape index (κ1) is 20.8. The molecule has 0 spiro atoms. The van der Waals surface area contributed by atoms with Gasteiger partial charge in [-0.25, -0.2) is 0 Å². The third-order valence-electron chi connectivity index (χ3n) is 5.29. The second-order valence-electron chi connectivity index (χ2n) is 7.43. The number of carbonyl (C=O) groups is 2. The minimum Gasteiger partial charge on any atom is -0.339 e. The number of thiophene rings is 1. The molecule has 0 bridgehead atoms. The Bertz CT molecular complexity index is 800. The number of nitrogens with one attached hydrogen (secondary N) is 2. The number of hydrogen-bond acceptors (Lipinski definition) is 4. The fourth-order valence-electron chi connectivity index (χ4n) is 3.46. The first-order valence-corrected chi connectivity index (χ1v) is 10.5. The Balaban J connectivity index is 0.00000225. The maximum absolute atomic E-state index is 12.8. The summed E-state index contributed by atoms with van der Waals surface area (Å²) in [6.45, 7) is 2.70. The molecule has 1 saturated heterocycles. The molecule has 1 aromatic heterocycles. The highest BCUT2D eigenvalue weighted by atomic mass is 35.5. The number of hydrogen-bond donors (Lipinski definition) is 2. The van der Waals surface area contributed by atoms with Crippen LogP contribution in [-0.2, 0) is 0 Å². The van der Waals surface area contributed by atoms with Crippen LogP contribution in [0.5, 0.6) is 0 Å². The molecule has 1 aromatic carbocycles. The van der Waals surface area contributed by atoms with Crippen molar-refractivity contribution in [3.05, 3.63) is 52.2 Å². The van der Waals surface area contributed by atoms with Crippen LogP contribution >= 0.6 is 23.7 Å². The number of anilines is 1. The van der Waals surface area contributed by atoms with Crippen LogP contribution in [0.1, 0.15) is 45.7 Å². The number of rotatable bonds is 6. The maximum atomic E-state index is 12.8. The summed E-state index contributed by atoms with van der Waals surface area (Å²) in [4.78, 5) is 27.6. The minimum absolute atomic E-state index is 0. The summed E-state index contributed by atoms with van der Waals surface area (Å²) < 4.78 is 0. The molecule has 1 saturated carbocycles. The number of piperidine rings is 1. The highest BCUT2D eigenvalue weighted by molar-refractivity contribution is 7.12. The zero-order valence-electron chi connectivity index (χ0n) is 15.7. The van der Waals surface area contributed by atoms with Gasteiger partial charge in [0.1, 0.15) is 0 Å². The van der Waals surface area contributed by atoms with E-state index >= 15 is 0 Å². The number of amides is 2. The molecule has 4 rings (SSSR count). The Kier molecular flexibility index (Phi) is 7.10. The number of carbonyl (C=O) groups excluding carboxylic acids is 2. The summed E-state index contributed by atoms with van der Waals surface area (Å²) >= 11 is 1.40. The quantitative estimate of drug-likeness (QED) is 0.743. The fraction of sp³-hybridized carbons (Fsp3) is 0.429. The van der Waals surface area contributed by atoms with Gasteiger partial charge in [0.2, 0.25) is 0 Å². The van der Waals surface area contributed by atoms with Gasteiger partial charge in [-0.3, -0.25) is 9.59 Å². The second kappa shape index (κ2) is 9.54. The van der Waals surface area contributed by atoms with Crippen LogP contribution in [0.3, 0.4) is 0 Å². The summed E-state index contributed by atoms with van der Waals surface area (Å²) in [5.41, 5.74) is 1.28. The van der Waals surface area contributed by atoms with Crippen LogP contribution < -0.4 is 10.6 Å². The van der Waals surface area contributed by atoms with Gasteiger partial charge >= 0.3 is 0 Å². The van der Waals surface area contributed by atoms with Crippen LogP contribution in [-0.4, -0.2) is 42.4 Å². The predicted octanol–water partition coefficient (Wildman–Crippen LogP) is 4.03. The van der Waals surface area contributed by atoms with Gasteiger partial charge in [0.25, 0.3) is 11.8 Å². The van der Waals surface area contributed by atoms with E-state index in [2.05, 4.69) is 10.6 Å². The smallest absolute Gasteiger partial charge is 0.265 e. The van der Waals surface area contributed by atoms with Gasteiger partial charge in [-0.1, -0.05) is 12.1 Å². The normalized spacial score (nSPS) is 17.1. The molecule has 1 aliphatic heterocycles. The van der Waals surface area contributed by atoms with Crippen LogP contribution in [0.2, 0.25) is 0 Å². The van der Waals surface area contributed by atoms with E-state index in [1.54, 1.807) is 12.1 Å². The van der Waals surface area contributed by atoms with Gasteiger partial charge in [-0.15, -0.1) is 23.7 Å². The van der Waals surface area contributed by atoms with Crippen molar-refractivity contribution in [1.29, 1.82) is 0 Å². The van der Waals surface area contributed by atoms with Crippen molar-refractivity contribution < 1.29 is 9.59 Å². The van der Waals surface area contributed by atoms with Crippen molar-refractivity contribution >= 4 is 41.2 Å². The lowest BCUT2D eigenvalue weighted by Crippen LogP contribution is -2.45. The molecular formula is C21H26ClN3O2S. The van der Waals surface area contributed by atoms with E-state index in [1.165, 1.54) is 24.2 Å². The van der Waals surface area contributed by atoms with Crippen molar-refractivity contribution in [3.8, 4) is 0 Å². The van der Waals surface area contributed by atoms with Gasteiger partial charge in [-0.05, 0) is 67.8 Å². The van der Waals surface area contributed by atoms with Crippen LogP contribution in [0.15, 0.2) is 41.8 Å². The highest BCUT2D eigenvalue weighted by Crippen LogP contribution is 2.28. The lowest BCUT2D eigenvalue weighted by Gasteiger charge is -2.32. The maximum Gasteiger partial charge on any atom is 0.265 e. The SMILES string of the molecule is Cl.O=C(Nc1cccc(C(=O)N2CCC(NCC3CC3)CC2)c1)c1cccs1. The number of likely N-dealkylation sites (tertiary alicyclic amines) is 1. The molecule has 0 unspecified atom stereocenters. The van der Waals surface area contributed by atoms with E-state index in [0.29, 0.717) is 22.2 Å². The van der Waals surface area contributed by atoms with E-state index in [9.17, 15) is 9.59 Å². The lowest BCUT2D eigenvalue weighted by molar-refractivity contribution is 0.0704. The Hall–Kier alpha value is -1.89. The van der Waals surface area contributed by atoms with Crippen molar-refractivity contribution in [1.82, 2.24) is 10.2 Å². The van der Waals surface area contributed by atoms with Crippen LogP contribution in [0, 0.1) is 5.92 Å². The summed E-state index contributed by atoms with van der Waals surface area (Å²) in [6.07, 6.45) is 4.74. The van der Waals surface area contributed by atoms with Gasteiger partial charge in [0, 0.05) is 30.4 Å². The summed E-state index contributed by atoms with van der Waals surface area (Å²) in [5, 5.41) is 8.39. The molecule has 2 amide bonds. The Morgan fingerprint density at radius 1 is 1.07 bits per heavy atom. The molecule has 2 aliphatic rings. The van der Waals surface area contributed by atoms with E-state index < -0.39 is 0 Å². The Labute approximate surface area is 175 Å². The zero-order chi connectivity index (χ0) is 18.6. The fourth-order valence-corrected chi connectivity index (χ4v) is 4.07. The standard InChI is InChI=1S/C21H25N3O2S.ClH/c25-20(19-5-2-12-27-19)23-18-4-1-3-16(13-18)21(26)24-10-8-17(9-11-24)22-14-15-6-7-15;/h1-5,12-13,15,17,22H,6-11,14H2,(H,23,25);1H. The average molecular weight is 420 g/mol. The van der Waals surface area contributed by atoms with Crippen LogP contribution in [0.25, 0.3) is 0 Å². The first-order valence-electron chi connectivity index (χ1n) is 9.66. The molecular weight excluding hydrogens is 394 g/mol. The van der Waals surface area contributed by atoms with E-state index in [1.807, 2.05) is 34.5 Å². The summed E-state index contributed by atoms with van der Waals surface area (Å²) in [7, 11) is 0. The topological polar surface area (TPSA) is 61.4 Å². The predicted molar refractivity (Wildman–Crippen MR) is 116 cm³/mol. The van der Waals surface area contributed by atoms with E-state index in [0.717, 1.165) is 38.4 Å². The summed E-state index contributed by atoms with van der Waals surface area (Å²) in [6, 6.07) is 11.4. The van der Waals surface area contributed by atoms with Gasteiger partial charge in [0.15, 0.2) is 0 Å². The molecule has 1 aliphatic carbocycles. The number of nitrogens with zero attached hydrogens (tertiary/aromatic N) is 1. The molecule has 2 aromatic rings. The lowest BCUT2D eigenvalue weighted by atomic mass is 10.0. The van der Waals surface area contributed by atoms with Gasteiger partial charge in [0.05, 0.1) is 4.88 Å². The number of halogens is 1. The zero-order valence-corrected chi connectivity index (χ0v) is 17.4. The second-order valence-corrected chi connectivity index (χ2v) is 8.38. The average Bonchev–Trinajstić information content (AvgIpc) is 3.36. The third-order valence-corrected chi connectivity index (χ3v) is 6.16. The molecule has 7 heteroatoms. The Morgan fingerprint density at radius 3 is 2.54 bits per heavy atom. The number of benzene rings is 1. The molecule has 0 atom stereocenters. The van der Waals surface area contributed by atoms with E-state index in [-0.39, 0.29) is 24.2 Å². The summed E-state index contributed by atoms with van der Waals surface area (Å²) in [5.74, 6) is 0.789. The van der Waals surface area contributed by atoms with Crippen molar-refractivity contribution in [2.45, 2.75) is 31.7 Å². The van der Waals surface area contributed by atoms with Gasteiger partial charge < -0.3 is 15.5 Å². The first-order chi connectivity index (χ1) is 13.2. The Morgan fingerprint density at radius 2 is 1.86 bits per heavy atom. The third kappa shape index (κ3) is 5.34. The van der Waals surface area contributed by atoms with Crippen molar-refractivity contribution in [2.24, 2.45) is 5.92 Å². The molecule has 2 N–H and O–H groups in total. The van der Waals surface area contributed by atoms with Gasteiger partial charge in [-0.2, -0.15) is 0 Å². The minimum atomic E-state index is -0.142. The van der Waals surface area contributed by atoms with E-state index in [4.69, 9.17) is 0 Å². The highest BCUT2D eigenvalue weighted by Gasteiger charge is 2.26. The molecule has 2 fully saturated rings. The largest absolute Gasteiger partial charge is 0.339 e. The molecule has 2 heterocycles.